The van der Waals surface area contributed by atoms with Gasteiger partial charge in [0.05, 0.1) is 18.5 Å². The van der Waals surface area contributed by atoms with E-state index in [0.29, 0.717) is 17.5 Å². The molecule has 2 aromatic carbocycles. The molecule has 0 saturated carbocycles. The number of amides is 1. The van der Waals surface area contributed by atoms with E-state index in [1.165, 1.54) is 6.07 Å². The first-order valence-electron chi connectivity index (χ1n) is 8.61. The maximum Gasteiger partial charge on any atom is 0.287 e. The lowest BCUT2D eigenvalue weighted by Crippen LogP contribution is -2.34. The van der Waals surface area contributed by atoms with Crippen molar-refractivity contribution in [3.8, 4) is 5.75 Å². The summed E-state index contributed by atoms with van der Waals surface area (Å²) in [5.74, 6) is 0.363. The molecule has 1 atom stereocenters. The molecule has 3 aromatic rings. The number of para-hydroxylation sites is 1. The number of carbonyl (C=O) groups excluding carboxylic acids is 1. The van der Waals surface area contributed by atoms with E-state index in [1.54, 1.807) is 31.4 Å². The Hall–Kier alpha value is -3.12. The summed E-state index contributed by atoms with van der Waals surface area (Å²) in [7, 11) is 5.50. The Balaban J connectivity index is 1.77. The molecule has 1 N–H and O–H groups in total. The van der Waals surface area contributed by atoms with Gasteiger partial charge in [0, 0.05) is 12.6 Å². The maximum atomic E-state index is 12.5. The van der Waals surface area contributed by atoms with Gasteiger partial charge in [-0.1, -0.05) is 24.3 Å². The van der Waals surface area contributed by atoms with Crippen molar-refractivity contribution in [2.24, 2.45) is 0 Å². The summed E-state index contributed by atoms with van der Waals surface area (Å²) in [5.41, 5.74) is 1.21. The molecule has 0 saturated heterocycles. The molecule has 6 nitrogen and oxygen atoms in total. The fourth-order valence-corrected chi connectivity index (χ4v) is 2.92. The number of nitrogens with one attached hydrogen (secondary N) is 1. The van der Waals surface area contributed by atoms with E-state index in [0.717, 1.165) is 11.3 Å². The number of carbonyl (C=O) groups is 1. The third kappa shape index (κ3) is 4.17. The van der Waals surface area contributed by atoms with Gasteiger partial charge in [-0.05, 0) is 43.9 Å². The highest BCUT2D eigenvalue weighted by molar-refractivity contribution is 5.93. The quantitative estimate of drug-likeness (QED) is 0.726. The van der Waals surface area contributed by atoms with Crippen LogP contribution in [0.5, 0.6) is 5.75 Å². The van der Waals surface area contributed by atoms with E-state index in [1.807, 2.05) is 43.3 Å². The van der Waals surface area contributed by atoms with Crippen LogP contribution in [0, 0.1) is 0 Å². The topological polar surface area (TPSA) is 71.8 Å². The summed E-state index contributed by atoms with van der Waals surface area (Å²) < 4.78 is 10.8. The first-order valence-corrected chi connectivity index (χ1v) is 8.61. The zero-order chi connectivity index (χ0) is 19.4. The van der Waals surface area contributed by atoms with Crippen LogP contribution in [-0.2, 0) is 0 Å². The molecule has 1 heterocycles. The van der Waals surface area contributed by atoms with E-state index in [-0.39, 0.29) is 17.2 Å². The smallest absolute Gasteiger partial charge is 0.287 e. The number of ether oxygens (including phenoxy) is 1. The summed E-state index contributed by atoms with van der Waals surface area (Å²) in [6.45, 7) is 0.370. The molecule has 0 radical (unpaired) electrons. The molecule has 0 aliphatic heterocycles. The van der Waals surface area contributed by atoms with Crippen molar-refractivity contribution >= 4 is 16.9 Å². The SMILES string of the molecule is COc1ccc([C@H](CNC(=O)c2cc(=O)c3ccccc3o2)N(C)C)cc1. The van der Waals surface area contributed by atoms with Crippen LogP contribution in [0.1, 0.15) is 22.2 Å². The minimum atomic E-state index is -0.418. The minimum absolute atomic E-state index is 0.00550. The average molecular weight is 366 g/mol. The Labute approximate surface area is 157 Å². The van der Waals surface area contributed by atoms with E-state index in [2.05, 4.69) is 5.32 Å². The molecular weight excluding hydrogens is 344 g/mol. The second-order valence-electron chi connectivity index (χ2n) is 6.43. The van der Waals surface area contributed by atoms with Crippen LogP contribution in [0.3, 0.4) is 0 Å². The normalized spacial score (nSPS) is 12.1. The van der Waals surface area contributed by atoms with Crippen molar-refractivity contribution in [2.75, 3.05) is 27.7 Å². The van der Waals surface area contributed by atoms with Crippen molar-refractivity contribution in [1.82, 2.24) is 10.2 Å². The predicted octanol–water partition coefficient (Wildman–Crippen LogP) is 2.83. The molecule has 27 heavy (non-hydrogen) atoms. The molecule has 140 valence electrons. The zero-order valence-electron chi connectivity index (χ0n) is 15.6. The van der Waals surface area contributed by atoms with E-state index in [9.17, 15) is 9.59 Å². The minimum Gasteiger partial charge on any atom is -0.497 e. The summed E-state index contributed by atoms with van der Waals surface area (Å²) in [6, 6.07) is 15.8. The van der Waals surface area contributed by atoms with E-state index < -0.39 is 5.91 Å². The summed E-state index contributed by atoms with van der Waals surface area (Å²) in [6.07, 6.45) is 0. The van der Waals surface area contributed by atoms with E-state index in [4.69, 9.17) is 9.15 Å². The van der Waals surface area contributed by atoms with Crippen LogP contribution < -0.4 is 15.5 Å². The second-order valence-corrected chi connectivity index (χ2v) is 6.43. The molecule has 0 aliphatic carbocycles. The van der Waals surface area contributed by atoms with Gasteiger partial charge in [0.1, 0.15) is 11.3 Å². The van der Waals surface area contributed by atoms with Gasteiger partial charge in [-0.15, -0.1) is 0 Å². The Kier molecular flexibility index (Phi) is 5.57. The van der Waals surface area contributed by atoms with Gasteiger partial charge >= 0.3 is 0 Å². The van der Waals surface area contributed by atoms with Gasteiger partial charge in [0.15, 0.2) is 11.2 Å². The second kappa shape index (κ2) is 8.05. The monoisotopic (exact) mass is 366 g/mol. The van der Waals surface area contributed by atoms with Gasteiger partial charge in [0.25, 0.3) is 5.91 Å². The van der Waals surface area contributed by atoms with Gasteiger partial charge in [-0.25, -0.2) is 0 Å². The number of nitrogens with zero attached hydrogens (tertiary/aromatic N) is 1. The number of hydrogen-bond acceptors (Lipinski definition) is 5. The van der Waals surface area contributed by atoms with Crippen molar-refractivity contribution in [2.45, 2.75) is 6.04 Å². The van der Waals surface area contributed by atoms with Crippen molar-refractivity contribution in [1.29, 1.82) is 0 Å². The Bertz CT molecular complexity index is 993. The average Bonchev–Trinajstić information content (AvgIpc) is 2.68. The number of likely N-dealkylation sites (N-methyl/N-ethyl adjacent to an activating group) is 1. The molecule has 0 fully saturated rings. The van der Waals surface area contributed by atoms with Crippen LogP contribution in [0.2, 0.25) is 0 Å². The fourth-order valence-electron chi connectivity index (χ4n) is 2.92. The molecule has 0 unspecified atom stereocenters. The van der Waals surface area contributed by atoms with Crippen molar-refractivity contribution < 1.29 is 13.9 Å². The highest BCUT2D eigenvalue weighted by atomic mass is 16.5. The van der Waals surface area contributed by atoms with Gasteiger partial charge in [-0.3, -0.25) is 9.59 Å². The third-order valence-electron chi connectivity index (χ3n) is 4.44. The molecule has 3 rings (SSSR count). The molecule has 1 amide bonds. The van der Waals surface area contributed by atoms with Crippen LogP contribution in [0.15, 0.2) is 63.8 Å². The lowest BCUT2D eigenvalue weighted by atomic mass is 10.1. The summed E-state index contributed by atoms with van der Waals surface area (Å²) >= 11 is 0. The number of fused-ring (bicyclic) bond motifs is 1. The lowest BCUT2D eigenvalue weighted by Gasteiger charge is -2.25. The third-order valence-corrected chi connectivity index (χ3v) is 4.44. The van der Waals surface area contributed by atoms with Gasteiger partial charge < -0.3 is 19.4 Å². The molecule has 0 spiro atoms. The molecule has 1 aromatic heterocycles. The summed E-state index contributed by atoms with van der Waals surface area (Å²) in [4.78, 5) is 26.7. The largest absolute Gasteiger partial charge is 0.497 e. The Morgan fingerprint density at radius 1 is 1.15 bits per heavy atom. The van der Waals surface area contributed by atoms with Crippen LogP contribution in [0.4, 0.5) is 0 Å². The first-order chi connectivity index (χ1) is 13.0. The number of methoxy groups -OCH3 is 1. The molecule has 0 aliphatic rings. The number of hydrogen-bond donors (Lipinski definition) is 1. The zero-order valence-corrected chi connectivity index (χ0v) is 15.6. The lowest BCUT2D eigenvalue weighted by molar-refractivity contribution is 0.0914. The predicted molar refractivity (Wildman–Crippen MR) is 104 cm³/mol. The number of benzene rings is 2. The summed E-state index contributed by atoms with van der Waals surface area (Å²) in [5, 5.41) is 3.31. The first kappa shape index (κ1) is 18.7. The van der Waals surface area contributed by atoms with Gasteiger partial charge in [-0.2, -0.15) is 0 Å². The van der Waals surface area contributed by atoms with E-state index >= 15 is 0 Å². The van der Waals surface area contributed by atoms with Gasteiger partial charge in [0.2, 0.25) is 0 Å². The highest BCUT2D eigenvalue weighted by Gasteiger charge is 2.18. The fraction of sp³-hybridized carbons (Fsp3) is 0.238. The maximum absolute atomic E-state index is 12.5. The number of rotatable bonds is 6. The van der Waals surface area contributed by atoms with Crippen molar-refractivity contribution in [3.63, 3.8) is 0 Å². The molecule has 6 heteroatoms. The van der Waals surface area contributed by atoms with Crippen LogP contribution in [0.25, 0.3) is 11.0 Å². The van der Waals surface area contributed by atoms with Crippen LogP contribution in [-0.4, -0.2) is 38.6 Å². The van der Waals surface area contributed by atoms with Crippen LogP contribution >= 0.6 is 0 Å². The Morgan fingerprint density at radius 2 is 1.85 bits per heavy atom. The van der Waals surface area contributed by atoms with Crippen molar-refractivity contribution in [3.05, 3.63) is 76.1 Å². The Morgan fingerprint density at radius 3 is 2.52 bits per heavy atom. The standard InChI is InChI=1S/C21H22N2O4/c1-23(2)17(14-8-10-15(26-3)11-9-14)13-22-21(25)20-12-18(24)16-6-4-5-7-19(16)27-20/h4-12,17H,13H2,1-3H3,(H,22,25)/t17-/m0/s1. The molecule has 0 bridgehead atoms. The molecular formula is C21H22N2O4. The highest BCUT2D eigenvalue weighted by Crippen LogP contribution is 2.21.